The second-order valence-electron chi connectivity index (χ2n) is 7.19. The van der Waals surface area contributed by atoms with Crippen LogP contribution in [-0.2, 0) is 6.54 Å². The van der Waals surface area contributed by atoms with Crippen molar-refractivity contribution < 1.29 is 9.90 Å². The molecule has 1 aliphatic heterocycles. The van der Waals surface area contributed by atoms with Crippen molar-refractivity contribution in [2.24, 2.45) is 0 Å². The van der Waals surface area contributed by atoms with Gasteiger partial charge in [0.05, 0.1) is 11.0 Å². The van der Waals surface area contributed by atoms with E-state index in [0.717, 1.165) is 22.2 Å². The molecule has 1 unspecified atom stereocenters. The number of aryl methyl sites for hydroxylation is 1. The van der Waals surface area contributed by atoms with E-state index in [0.29, 0.717) is 23.5 Å². The normalized spacial score (nSPS) is 14.5. The number of phenolic OH excluding ortho intramolecular Hbond substituents is 1. The topological polar surface area (TPSA) is 69.2 Å². The van der Waals surface area contributed by atoms with Crippen LogP contribution in [0.3, 0.4) is 0 Å². The number of benzene rings is 3. The molecule has 2 N–H and O–H groups in total. The largest absolute Gasteiger partial charge is 0.508 e. The number of imidazole rings is 1. The Morgan fingerprint density at radius 2 is 1.86 bits per heavy atom. The lowest BCUT2D eigenvalue weighted by Crippen LogP contribution is -2.30. The third kappa shape index (κ3) is 2.55. The standard InChI is InChI=1S/C23H19N3O2/c1-14-10-11-18-19(12-14)25-22(24-18)21(17-8-4-5-9-20(17)27)26-13-15-6-2-3-7-16(15)23(26)28/h2-12,21,27H,13H2,1H3,(H,24,25). The minimum absolute atomic E-state index is 0.0551. The number of aromatic amines is 1. The number of aromatic nitrogens is 2. The summed E-state index contributed by atoms with van der Waals surface area (Å²) >= 11 is 0. The molecular weight excluding hydrogens is 350 g/mol. The van der Waals surface area contributed by atoms with Gasteiger partial charge in [-0.2, -0.15) is 0 Å². The van der Waals surface area contributed by atoms with Crippen molar-refractivity contribution in [3.05, 3.63) is 94.8 Å². The second kappa shape index (κ2) is 6.23. The summed E-state index contributed by atoms with van der Waals surface area (Å²) < 4.78 is 0. The van der Waals surface area contributed by atoms with Gasteiger partial charge < -0.3 is 15.0 Å². The zero-order valence-corrected chi connectivity index (χ0v) is 15.4. The molecule has 0 fully saturated rings. The highest BCUT2D eigenvalue weighted by molar-refractivity contribution is 5.98. The molecule has 5 rings (SSSR count). The van der Waals surface area contributed by atoms with E-state index in [4.69, 9.17) is 4.98 Å². The Morgan fingerprint density at radius 3 is 2.68 bits per heavy atom. The number of rotatable bonds is 3. The number of fused-ring (bicyclic) bond motifs is 2. The fourth-order valence-electron chi connectivity index (χ4n) is 3.94. The van der Waals surface area contributed by atoms with Crippen LogP contribution in [0.2, 0.25) is 0 Å². The molecule has 138 valence electrons. The molecule has 0 aliphatic carbocycles. The van der Waals surface area contributed by atoms with Gasteiger partial charge in [-0.3, -0.25) is 4.79 Å². The van der Waals surface area contributed by atoms with Crippen molar-refractivity contribution in [2.45, 2.75) is 19.5 Å². The molecule has 0 bridgehead atoms. The quantitative estimate of drug-likeness (QED) is 0.565. The maximum Gasteiger partial charge on any atom is 0.255 e. The highest BCUT2D eigenvalue weighted by Gasteiger charge is 2.36. The number of aromatic hydroxyl groups is 1. The molecule has 5 nitrogen and oxygen atoms in total. The Morgan fingerprint density at radius 1 is 1.07 bits per heavy atom. The zero-order chi connectivity index (χ0) is 19.3. The number of para-hydroxylation sites is 1. The molecule has 4 aromatic rings. The van der Waals surface area contributed by atoms with Gasteiger partial charge in [-0.1, -0.05) is 42.5 Å². The van der Waals surface area contributed by atoms with Crippen molar-refractivity contribution in [1.29, 1.82) is 0 Å². The Labute approximate surface area is 162 Å². The van der Waals surface area contributed by atoms with Gasteiger partial charge in [0.15, 0.2) is 0 Å². The molecule has 0 saturated heterocycles. The van der Waals surface area contributed by atoms with Gasteiger partial charge in [-0.25, -0.2) is 4.98 Å². The van der Waals surface area contributed by atoms with Crippen LogP contribution in [0.5, 0.6) is 5.75 Å². The lowest BCUT2D eigenvalue weighted by molar-refractivity contribution is 0.0724. The van der Waals surface area contributed by atoms with E-state index < -0.39 is 6.04 Å². The Balaban J connectivity index is 1.68. The first-order valence-electron chi connectivity index (χ1n) is 9.25. The first kappa shape index (κ1) is 16.6. The number of H-pyrrole nitrogens is 1. The minimum atomic E-state index is -0.506. The van der Waals surface area contributed by atoms with E-state index in [1.807, 2.05) is 61.5 Å². The van der Waals surface area contributed by atoms with E-state index >= 15 is 0 Å². The van der Waals surface area contributed by atoms with Crippen molar-refractivity contribution in [3.63, 3.8) is 0 Å². The average molecular weight is 369 g/mol. The van der Waals surface area contributed by atoms with Gasteiger partial charge in [0, 0.05) is 17.7 Å². The number of hydrogen-bond donors (Lipinski definition) is 2. The summed E-state index contributed by atoms with van der Waals surface area (Å²) in [6.07, 6.45) is 0. The van der Waals surface area contributed by atoms with Gasteiger partial charge in [-0.05, 0) is 42.3 Å². The molecule has 0 radical (unpaired) electrons. The average Bonchev–Trinajstić information content (AvgIpc) is 3.25. The fraction of sp³-hybridized carbons (Fsp3) is 0.130. The van der Waals surface area contributed by atoms with Gasteiger partial charge in [0.25, 0.3) is 5.91 Å². The van der Waals surface area contributed by atoms with Crippen LogP contribution >= 0.6 is 0 Å². The van der Waals surface area contributed by atoms with E-state index in [-0.39, 0.29) is 11.7 Å². The maximum atomic E-state index is 13.2. The Kier molecular flexibility index (Phi) is 3.69. The number of carbonyl (C=O) groups excluding carboxylic acids is 1. The third-order valence-corrected chi connectivity index (χ3v) is 5.31. The van der Waals surface area contributed by atoms with Crippen LogP contribution in [0.1, 0.15) is 38.9 Å². The Hall–Kier alpha value is -3.60. The van der Waals surface area contributed by atoms with Crippen LogP contribution in [0.15, 0.2) is 66.7 Å². The van der Waals surface area contributed by atoms with Gasteiger partial charge >= 0.3 is 0 Å². The summed E-state index contributed by atoms with van der Waals surface area (Å²) in [5.74, 6) is 0.733. The van der Waals surface area contributed by atoms with Crippen LogP contribution < -0.4 is 0 Å². The van der Waals surface area contributed by atoms with Gasteiger partial charge in [0.2, 0.25) is 0 Å². The molecule has 3 aromatic carbocycles. The molecule has 0 saturated carbocycles. The smallest absolute Gasteiger partial charge is 0.255 e. The summed E-state index contributed by atoms with van der Waals surface area (Å²) in [6.45, 7) is 2.51. The predicted octanol–water partition coefficient (Wildman–Crippen LogP) is 4.32. The number of nitrogens with one attached hydrogen (secondary N) is 1. The van der Waals surface area contributed by atoms with Gasteiger partial charge in [-0.15, -0.1) is 0 Å². The number of amides is 1. The monoisotopic (exact) mass is 369 g/mol. The molecule has 1 amide bonds. The molecular formula is C23H19N3O2. The zero-order valence-electron chi connectivity index (χ0n) is 15.4. The van der Waals surface area contributed by atoms with Crippen LogP contribution in [0.25, 0.3) is 11.0 Å². The molecule has 0 spiro atoms. The molecule has 1 atom stereocenters. The summed E-state index contributed by atoms with van der Waals surface area (Å²) in [5.41, 5.74) is 5.23. The second-order valence-corrected chi connectivity index (χ2v) is 7.19. The first-order valence-corrected chi connectivity index (χ1v) is 9.25. The van der Waals surface area contributed by atoms with Crippen molar-refractivity contribution in [3.8, 4) is 5.75 Å². The Bertz CT molecular complexity index is 1210. The molecule has 5 heteroatoms. The van der Waals surface area contributed by atoms with Crippen LogP contribution in [0.4, 0.5) is 0 Å². The van der Waals surface area contributed by atoms with E-state index in [1.54, 1.807) is 17.0 Å². The third-order valence-electron chi connectivity index (χ3n) is 5.31. The highest BCUT2D eigenvalue weighted by atomic mass is 16.3. The van der Waals surface area contributed by atoms with Crippen LogP contribution in [0, 0.1) is 6.92 Å². The lowest BCUT2D eigenvalue weighted by Gasteiger charge is -2.27. The number of nitrogens with zero attached hydrogens (tertiary/aromatic N) is 2. The number of hydrogen-bond acceptors (Lipinski definition) is 3. The number of phenols is 1. The van der Waals surface area contributed by atoms with Crippen molar-refractivity contribution >= 4 is 16.9 Å². The van der Waals surface area contributed by atoms with Crippen molar-refractivity contribution in [2.75, 3.05) is 0 Å². The molecule has 2 heterocycles. The highest BCUT2D eigenvalue weighted by Crippen LogP contribution is 2.38. The summed E-state index contributed by atoms with van der Waals surface area (Å²) in [7, 11) is 0. The van der Waals surface area contributed by atoms with E-state index in [2.05, 4.69) is 4.98 Å². The van der Waals surface area contributed by atoms with Crippen LogP contribution in [-0.4, -0.2) is 25.9 Å². The number of carbonyl (C=O) groups is 1. The molecule has 1 aliphatic rings. The summed E-state index contributed by atoms with van der Waals surface area (Å²) in [5, 5.41) is 10.5. The lowest BCUT2D eigenvalue weighted by atomic mass is 10.0. The molecule has 1 aromatic heterocycles. The maximum absolute atomic E-state index is 13.2. The first-order chi connectivity index (χ1) is 13.6. The molecule has 28 heavy (non-hydrogen) atoms. The SMILES string of the molecule is Cc1ccc2nc(C(c3ccccc3O)N3Cc4ccccc4C3=O)[nH]c2c1. The minimum Gasteiger partial charge on any atom is -0.508 e. The summed E-state index contributed by atoms with van der Waals surface area (Å²) in [6, 6.07) is 20.3. The van der Waals surface area contributed by atoms with E-state index in [9.17, 15) is 9.90 Å². The fourth-order valence-corrected chi connectivity index (χ4v) is 3.94. The van der Waals surface area contributed by atoms with E-state index in [1.165, 1.54) is 0 Å². The predicted molar refractivity (Wildman–Crippen MR) is 107 cm³/mol. The van der Waals surface area contributed by atoms with Gasteiger partial charge in [0.1, 0.15) is 17.6 Å². The van der Waals surface area contributed by atoms with Crippen molar-refractivity contribution in [1.82, 2.24) is 14.9 Å². The summed E-state index contributed by atoms with van der Waals surface area (Å²) in [4.78, 5) is 23.1.